The highest BCUT2D eigenvalue weighted by molar-refractivity contribution is 6.80. The van der Waals surface area contributed by atoms with Gasteiger partial charge in [0.1, 0.15) is 0 Å². The Labute approximate surface area is 90.1 Å². The summed E-state index contributed by atoms with van der Waals surface area (Å²) in [5.41, 5.74) is 0. The van der Waals surface area contributed by atoms with Crippen LogP contribution in [0.5, 0.6) is 0 Å². The first-order valence-electron chi connectivity index (χ1n) is 5.89. The van der Waals surface area contributed by atoms with E-state index in [-0.39, 0.29) is 0 Å². The van der Waals surface area contributed by atoms with Gasteiger partial charge < -0.3 is 14.6 Å². The number of nitrogens with one attached hydrogen (secondary N) is 1. The molecule has 0 aliphatic carbocycles. The lowest BCUT2D eigenvalue weighted by molar-refractivity contribution is 0.569. The molecule has 3 nitrogen and oxygen atoms in total. The Kier molecular flexibility index (Phi) is 5.06. The van der Waals surface area contributed by atoms with Crippen LogP contribution in [0.15, 0.2) is 0 Å². The van der Waals surface area contributed by atoms with Gasteiger partial charge in [0.2, 0.25) is 0 Å². The molecule has 0 unspecified atom stereocenters. The Morgan fingerprint density at radius 3 is 2.57 bits per heavy atom. The fourth-order valence-corrected chi connectivity index (χ4v) is 2.15. The second-order valence-corrected chi connectivity index (χ2v) is 4.36. The van der Waals surface area contributed by atoms with Gasteiger partial charge in [-0.05, 0) is 26.3 Å². The molecule has 1 fully saturated rings. The maximum absolute atomic E-state index is 3.65. The summed E-state index contributed by atoms with van der Waals surface area (Å²) in [6.45, 7) is 9.05. The number of hydrogen-bond acceptors (Lipinski definition) is 3. The molecule has 0 aromatic rings. The van der Waals surface area contributed by atoms with E-state index in [1.807, 2.05) is 0 Å². The van der Waals surface area contributed by atoms with Crippen molar-refractivity contribution in [2.75, 3.05) is 13.6 Å². The van der Waals surface area contributed by atoms with Crippen LogP contribution in [-0.4, -0.2) is 44.6 Å². The molecule has 6 heteroatoms. The smallest absolute Gasteiger partial charge is 0.286 e. The topological polar surface area (TPSA) is 18.5 Å². The summed E-state index contributed by atoms with van der Waals surface area (Å²) in [6.07, 6.45) is 3.74. The van der Waals surface area contributed by atoms with Crippen LogP contribution in [0.2, 0.25) is 13.1 Å². The van der Waals surface area contributed by atoms with Gasteiger partial charge in [-0.15, -0.1) is 0 Å². The Hall–Kier alpha value is 0.0748. The predicted octanol–water partition coefficient (Wildman–Crippen LogP) is 0.516. The zero-order valence-electron chi connectivity index (χ0n) is 10.1. The average molecular weight is 193 g/mol. The zero-order chi connectivity index (χ0) is 10.6. The van der Waals surface area contributed by atoms with Crippen LogP contribution in [-0.2, 0) is 0 Å². The lowest BCUT2D eigenvalue weighted by Gasteiger charge is -2.41. The molecule has 14 heavy (non-hydrogen) atoms. The molecule has 0 bridgehead atoms. The second-order valence-electron chi connectivity index (χ2n) is 4.36. The molecule has 1 aliphatic heterocycles. The van der Waals surface area contributed by atoms with Crippen LogP contribution in [0.1, 0.15) is 26.7 Å². The molecule has 0 spiro atoms. The molecular weight excluding hydrogens is 171 g/mol. The van der Waals surface area contributed by atoms with E-state index in [9.17, 15) is 0 Å². The molecule has 78 valence electrons. The summed E-state index contributed by atoms with van der Waals surface area (Å²) in [7, 11) is 3.31. The maximum atomic E-state index is 3.65. The van der Waals surface area contributed by atoms with Gasteiger partial charge in [-0.2, -0.15) is 0 Å². The molecule has 1 saturated heterocycles. The zero-order valence-corrected chi connectivity index (χ0v) is 10.1. The minimum atomic E-state index is 0.530. The van der Waals surface area contributed by atoms with Crippen LogP contribution in [0.3, 0.4) is 0 Å². The van der Waals surface area contributed by atoms with Crippen molar-refractivity contribution in [1.29, 1.82) is 0 Å². The summed E-state index contributed by atoms with van der Waals surface area (Å²) in [6, 6.07) is 0. The monoisotopic (exact) mass is 193 g/mol. The minimum absolute atomic E-state index is 0.530. The van der Waals surface area contributed by atoms with E-state index in [2.05, 4.69) is 42.3 Å². The molecular formula is C8H22B3N3. The number of nitrogens with zero attached hydrogens (tertiary/aromatic N) is 2. The van der Waals surface area contributed by atoms with Crippen LogP contribution in [0, 0.1) is 0 Å². The van der Waals surface area contributed by atoms with Gasteiger partial charge >= 0.3 is 0 Å². The van der Waals surface area contributed by atoms with Gasteiger partial charge in [0.15, 0.2) is 0 Å². The largest absolute Gasteiger partial charge is 0.371 e. The van der Waals surface area contributed by atoms with Gasteiger partial charge in [0, 0.05) is 0 Å². The minimum Gasteiger partial charge on any atom is -0.371 e. The van der Waals surface area contributed by atoms with E-state index in [0.29, 0.717) is 14.0 Å². The lowest BCUT2D eigenvalue weighted by atomic mass is 9.52. The molecule has 1 heterocycles. The fraction of sp³-hybridized carbons (Fsp3) is 1.00. The van der Waals surface area contributed by atoms with E-state index in [1.54, 1.807) is 0 Å². The lowest BCUT2D eigenvalue weighted by Crippen LogP contribution is -2.69. The van der Waals surface area contributed by atoms with Crippen LogP contribution >= 0.6 is 0 Å². The van der Waals surface area contributed by atoms with E-state index in [0.717, 1.165) is 7.55 Å². The van der Waals surface area contributed by atoms with Crippen molar-refractivity contribution in [2.24, 2.45) is 0 Å². The highest BCUT2D eigenvalue weighted by Crippen LogP contribution is 2.07. The summed E-state index contributed by atoms with van der Waals surface area (Å²) >= 11 is 0. The van der Waals surface area contributed by atoms with E-state index in [1.165, 1.54) is 25.7 Å². The molecule has 0 radical (unpaired) electrons. The highest BCUT2D eigenvalue weighted by Gasteiger charge is 2.33. The van der Waals surface area contributed by atoms with Crippen molar-refractivity contribution in [3.63, 3.8) is 0 Å². The third kappa shape index (κ3) is 3.04. The quantitative estimate of drug-likeness (QED) is 0.656. The van der Waals surface area contributed by atoms with Crippen molar-refractivity contribution in [3.05, 3.63) is 0 Å². The first-order chi connectivity index (χ1) is 6.69. The fourth-order valence-electron chi connectivity index (χ4n) is 2.15. The van der Waals surface area contributed by atoms with E-state index in [4.69, 9.17) is 0 Å². The summed E-state index contributed by atoms with van der Waals surface area (Å²) in [5.74, 6) is 0. The molecule has 1 N–H and O–H groups in total. The molecule has 0 aromatic heterocycles. The third-order valence-corrected chi connectivity index (χ3v) is 2.99. The Balaban J connectivity index is 2.44. The van der Waals surface area contributed by atoms with Crippen molar-refractivity contribution in [3.8, 4) is 0 Å². The van der Waals surface area contributed by atoms with Gasteiger partial charge in [0.05, 0.1) is 0 Å². The van der Waals surface area contributed by atoms with Crippen LogP contribution < -0.4 is 5.14 Å². The SMILES string of the molecule is CCCB1NB(C)N(CCC)BN1C. The normalized spacial score (nSPS) is 20.0. The number of rotatable bonds is 4. The Morgan fingerprint density at radius 1 is 1.29 bits per heavy atom. The highest BCUT2D eigenvalue weighted by atomic mass is 15.2. The number of hydrogen-bond donors (Lipinski definition) is 1. The summed E-state index contributed by atoms with van der Waals surface area (Å²) in [4.78, 5) is 0. The maximum Gasteiger partial charge on any atom is 0.286 e. The molecule has 1 aliphatic rings. The van der Waals surface area contributed by atoms with Gasteiger partial charge in [-0.3, -0.25) is 0 Å². The van der Waals surface area contributed by atoms with E-state index >= 15 is 0 Å². The summed E-state index contributed by atoms with van der Waals surface area (Å²) < 4.78 is 4.91. The first kappa shape index (κ1) is 12.1. The third-order valence-electron chi connectivity index (χ3n) is 2.99. The van der Waals surface area contributed by atoms with Gasteiger partial charge in [-0.25, -0.2) is 0 Å². The standard InChI is InChI=1S/C8H22B3N3/c1-5-7-11-12-10(3)14(8-6-2)9-13(11)4/h9,12H,5-8H2,1-4H3. The Bertz CT molecular complexity index is 152. The molecule has 1 rings (SSSR count). The Morgan fingerprint density at radius 2 is 2.00 bits per heavy atom. The van der Waals surface area contributed by atoms with E-state index < -0.39 is 0 Å². The second kappa shape index (κ2) is 5.84. The first-order valence-corrected chi connectivity index (χ1v) is 5.89. The van der Waals surface area contributed by atoms with Gasteiger partial charge in [-0.1, -0.05) is 27.1 Å². The van der Waals surface area contributed by atoms with Crippen molar-refractivity contribution in [2.45, 2.75) is 39.8 Å². The molecule has 0 atom stereocenters. The van der Waals surface area contributed by atoms with Gasteiger partial charge in [0.25, 0.3) is 21.5 Å². The van der Waals surface area contributed by atoms with Crippen molar-refractivity contribution < 1.29 is 0 Å². The average Bonchev–Trinajstić information content (AvgIpc) is 2.14. The van der Waals surface area contributed by atoms with Crippen molar-refractivity contribution >= 4 is 21.5 Å². The molecule has 0 amide bonds. The summed E-state index contributed by atoms with van der Waals surface area (Å²) in [5, 5.41) is 3.65. The molecule has 0 saturated carbocycles. The van der Waals surface area contributed by atoms with Crippen LogP contribution in [0.25, 0.3) is 0 Å². The van der Waals surface area contributed by atoms with Crippen LogP contribution in [0.4, 0.5) is 0 Å². The predicted molar refractivity (Wildman–Crippen MR) is 67.5 cm³/mol. The molecule has 0 aromatic carbocycles. The van der Waals surface area contributed by atoms with Crippen molar-refractivity contribution in [1.82, 2.24) is 14.6 Å².